The van der Waals surface area contributed by atoms with Crippen LogP contribution >= 0.6 is 0 Å². The molecule has 0 saturated carbocycles. The lowest BCUT2D eigenvalue weighted by atomic mass is 10.0. The molecule has 140 valence electrons. The summed E-state index contributed by atoms with van der Waals surface area (Å²) in [5.41, 5.74) is 0.690. The van der Waals surface area contributed by atoms with Gasteiger partial charge in [0.2, 0.25) is 6.10 Å². The highest BCUT2D eigenvalue weighted by atomic mass is 19.3. The van der Waals surface area contributed by atoms with Crippen molar-refractivity contribution in [2.45, 2.75) is 19.1 Å². The lowest BCUT2D eigenvalue weighted by molar-refractivity contribution is -0.384. The van der Waals surface area contributed by atoms with Gasteiger partial charge in [0.05, 0.1) is 16.3 Å². The van der Waals surface area contributed by atoms with E-state index in [1.807, 2.05) is 18.2 Å². The first-order valence-electron chi connectivity index (χ1n) is 7.76. The summed E-state index contributed by atoms with van der Waals surface area (Å²) in [6, 6.07) is 12.0. The van der Waals surface area contributed by atoms with E-state index in [2.05, 4.69) is 15.2 Å². The fourth-order valence-electron chi connectivity index (χ4n) is 2.46. The van der Waals surface area contributed by atoms with Gasteiger partial charge in [-0.05, 0) is 11.6 Å². The number of rotatable bonds is 6. The molecule has 0 fully saturated rings. The van der Waals surface area contributed by atoms with Crippen LogP contribution in [-0.4, -0.2) is 29.3 Å². The summed E-state index contributed by atoms with van der Waals surface area (Å²) in [5, 5.41) is 17.1. The number of nitrogens with one attached hydrogen (secondary N) is 1. The van der Waals surface area contributed by atoms with Crippen LogP contribution in [0.2, 0.25) is 0 Å². The van der Waals surface area contributed by atoms with Gasteiger partial charge >= 0.3 is 6.61 Å². The number of carbonyl (C=O) groups excluding carboxylic acids is 1. The monoisotopic (exact) mass is 377 g/mol. The van der Waals surface area contributed by atoms with E-state index < -0.39 is 29.3 Å². The zero-order valence-electron chi connectivity index (χ0n) is 13.7. The van der Waals surface area contributed by atoms with Crippen molar-refractivity contribution in [3.05, 3.63) is 64.2 Å². The van der Waals surface area contributed by atoms with Gasteiger partial charge < -0.3 is 14.9 Å². The maximum atomic E-state index is 12.5. The second-order valence-electron chi connectivity index (χ2n) is 5.51. The van der Waals surface area contributed by atoms with E-state index in [9.17, 15) is 23.7 Å². The highest BCUT2D eigenvalue weighted by Crippen LogP contribution is 2.31. The zero-order valence-corrected chi connectivity index (χ0v) is 13.7. The first-order chi connectivity index (χ1) is 12.9. The van der Waals surface area contributed by atoms with Crippen molar-refractivity contribution in [2.75, 3.05) is 5.32 Å². The summed E-state index contributed by atoms with van der Waals surface area (Å²) in [4.78, 5) is 27.7. The first-order valence-corrected chi connectivity index (χ1v) is 7.76. The second-order valence-corrected chi connectivity index (χ2v) is 5.51. The van der Waals surface area contributed by atoms with Gasteiger partial charge in [0, 0.05) is 18.6 Å². The minimum absolute atomic E-state index is 0.163. The molecule has 0 radical (unpaired) electrons. The molecular weight excluding hydrogens is 364 g/mol. The number of non-ortho nitro benzene ring substituents is 1. The molecule has 2 aromatic rings. The van der Waals surface area contributed by atoms with E-state index >= 15 is 0 Å². The molecule has 1 heterocycles. The van der Waals surface area contributed by atoms with Crippen molar-refractivity contribution < 1.29 is 28.1 Å². The Balaban J connectivity index is 1.74. The fraction of sp³-hybridized carbons (Fsp3) is 0.176. The molecule has 1 amide bonds. The van der Waals surface area contributed by atoms with Gasteiger partial charge in [-0.1, -0.05) is 35.5 Å². The van der Waals surface area contributed by atoms with Crippen molar-refractivity contribution in [3.63, 3.8) is 0 Å². The number of nitro benzene ring substituents is 1. The molecule has 0 spiro atoms. The summed E-state index contributed by atoms with van der Waals surface area (Å²) in [7, 11) is 0. The predicted molar refractivity (Wildman–Crippen MR) is 90.8 cm³/mol. The number of carbonyl (C=O) groups is 1. The van der Waals surface area contributed by atoms with Crippen LogP contribution in [0.15, 0.2) is 53.7 Å². The van der Waals surface area contributed by atoms with Crippen LogP contribution in [0.25, 0.3) is 0 Å². The van der Waals surface area contributed by atoms with Crippen LogP contribution in [0, 0.1) is 10.1 Å². The normalized spacial score (nSPS) is 15.8. The minimum Gasteiger partial charge on any atom is -0.433 e. The van der Waals surface area contributed by atoms with Crippen molar-refractivity contribution in [3.8, 4) is 5.75 Å². The number of hydrogen-bond donors (Lipinski definition) is 1. The molecule has 1 aliphatic rings. The standard InChI is InChI=1S/C17H13F2N3O5/c18-17(19)26-14-7-6-11(22(24)25)8-13(14)20-16(23)15-9-12(21-27-15)10-4-2-1-3-5-10/h1-8,15,17H,9H2,(H,20,23). The van der Waals surface area contributed by atoms with Crippen LogP contribution < -0.4 is 10.1 Å². The van der Waals surface area contributed by atoms with Gasteiger partial charge in [-0.25, -0.2) is 0 Å². The Labute approximate surface area is 151 Å². The number of amides is 1. The number of nitro groups is 1. The maximum Gasteiger partial charge on any atom is 0.387 e. The largest absolute Gasteiger partial charge is 0.433 e. The predicted octanol–water partition coefficient (Wildman–Crippen LogP) is 3.33. The molecule has 3 rings (SSSR count). The summed E-state index contributed by atoms with van der Waals surface area (Å²) in [5.74, 6) is -1.09. The highest BCUT2D eigenvalue weighted by Gasteiger charge is 2.30. The molecule has 0 bridgehead atoms. The van der Waals surface area contributed by atoms with Gasteiger partial charge in [0.1, 0.15) is 5.75 Å². The number of oxime groups is 1. The van der Waals surface area contributed by atoms with Gasteiger partial charge in [-0.2, -0.15) is 8.78 Å². The second kappa shape index (κ2) is 7.77. The molecule has 1 unspecified atom stereocenters. The van der Waals surface area contributed by atoms with E-state index in [0.717, 1.165) is 23.8 Å². The van der Waals surface area contributed by atoms with E-state index in [0.29, 0.717) is 5.71 Å². The Morgan fingerprint density at radius 3 is 2.70 bits per heavy atom. The van der Waals surface area contributed by atoms with E-state index in [1.54, 1.807) is 12.1 Å². The van der Waals surface area contributed by atoms with E-state index in [-0.39, 0.29) is 17.8 Å². The lowest BCUT2D eigenvalue weighted by Gasteiger charge is -2.13. The summed E-state index contributed by atoms with van der Waals surface area (Å²) in [6.45, 7) is -3.15. The summed E-state index contributed by atoms with van der Waals surface area (Å²) in [6.07, 6.45) is -0.839. The third-order valence-electron chi connectivity index (χ3n) is 3.72. The Morgan fingerprint density at radius 1 is 1.30 bits per heavy atom. The number of anilines is 1. The van der Waals surface area contributed by atoms with E-state index in [4.69, 9.17) is 4.84 Å². The molecule has 8 nitrogen and oxygen atoms in total. The number of ether oxygens (including phenoxy) is 1. The zero-order chi connectivity index (χ0) is 19.4. The molecule has 1 atom stereocenters. The number of alkyl halides is 2. The topological polar surface area (TPSA) is 103 Å². The minimum atomic E-state index is -3.15. The first kappa shape index (κ1) is 18.2. The van der Waals surface area contributed by atoms with Gasteiger partial charge in [-0.3, -0.25) is 14.9 Å². The number of nitrogens with zero attached hydrogens (tertiary/aromatic N) is 2. The van der Waals surface area contributed by atoms with Crippen molar-refractivity contribution >= 4 is 23.0 Å². The molecule has 0 saturated heterocycles. The van der Waals surface area contributed by atoms with Crippen LogP contribution in [0.1, 0.15) is 12.0 Å². The van der Waals surface area contributed by atoms with Crippen LogP contribution in [0.4, 0.5) is 20.2 Å². The van der Waals surface area contributed by atoms with E-state index in [1.165, 1.54) is 0 Å². The molecule has 0 aromatic heterocycles. The van der Waals surface area contributed by atoms with Crippen molar-refractivity contribution in [2.24, 2.45) is 5.16 Å². The average Bonchev–Trinajstić information content (AvgIpc) is 3.13. The molecule has 1 N–H and O–H groups in total. The molecule has 0 aliphatic carbocycles. The third-order valence-corrected chi connectivity index (χ3v) is 3.72. The maximum absolute atomic E-state index is 12.5. The number of benzene rings is 2. The van der Waals surface area contributed by atoms with Crippen molar-refractivity contribution in [1.82, 2.24) is 0 Å². The fourth-order valence-corrected chi connectivity index (χ4v) is 2.46. The summed E-state index contributed by atoms with van der Waals surface area (Å²) < 4.78 is 29.3. The number of halogens is 2. The summed E-state index contributed by atoms with van der Waals surface area (Å²) >= 11 is 0. The molecular formula is C17H13F2N3O5. The third kappa shape index (κ3) is 4.35. The van der Waals surface area contributed by atoms with Crippen LogP contribution in [0.5, 0.6) is 5.75 Å². The van der Waals surface area contributed by atoms with Gasteiger partial charge in [-0.15, -0.1) is 0 Å². The molecule has 2 aromatic carbocycles. The van der Waals surface area contributed by atoms with Gasteiger partial charge in [0.15, 0.2) is 0 Å². The Morgan fingerprint density at radius 2 is 2.04 bits per heavy atom. The molecule has 27 heavy (non-hydrogen) atoms. The lowest BCUT2D eigenvalue weighted by Crippen LogP contribution is -2.28. The Bertz CT molecular complexity index is 889. The quantitative estimate of drug-likeness (QED) is 0.614. The molecule has 1 aliphatic heterocycles. The van der Waals surface area contributed by atoms with Crippen molar-refractivity contribution in [1.29, 1.82) is 0 Å². The number of hydrogen-bond acceptors (Lipinski definition) is 6. The highest BCUT2D eigenvalue weighted by molar-refractivity contribution is 6.06. The van der Waals surface area contributed by atoms with Gasteiger partial charge in [0.25, 0.3) is 11.6 Å². The molecule has 10 heteroatoms. The van der Waals surface area contributed by atoms with Crippen LogP contribution in [0.3, 0.4) is 0 Å². The Hall–Kier alpha value is -3.56. The smallest absolute Gasteiger partial charge is 0.387 e. The van der Waals surface area contributed by atoms with Crippen LogP contribution in [-0.2, 0) is 9.63 Å². The average molecular weight is 377 g/mol. The Kier molecular flexibility index (Phi) is 5.25. The SMILES string of the molecule is O=C(Nc1cc([N+](=O)[O-])ccc1OC(F)F)C1CC(c2ccccc2)=NO1.